The van der Waals surface area contributed by atoms with Crippen LogP contribution >= 0.6 is 0 Å². The molecule has 0 saturated carbocycles. The van der Waals surface area contributed by atoms with Crippen LogP contribution in [0.25, 0.3) is 0 Å². The monoisotopic (exact) mass is 337 g/mol. The van der Waals surface area contributed by atoms with E-state index in [0.717, 1.165) is 36.5 Å². The van der Waals surface area contributed by atoms with Gasteiger partial charge in [-0.05, 0) is 25.0 Å². The summed E-state index contributed by atoms with van der Waals surface area (Å²) >= 11 is 0. The number of halogens is 3. The molecule has 24 heavy (non-hydrogen) atoms. The number of nitrogens with zero attached hydrogens (tertiary/aromatic N) is 2. The van der Waals surface area contributed by atoms with Gasteiger partial charge in [0.1, 0.15) is 5.82 Å². The molecule has 1 amide bonds. The first kappa shape index (κ1) is 16.5. The summed E-state index contributed by atoms with van der Waals surface area (Å²) in [6, 6.07) is 4.87. The Balaban J connectivity index is 1.60. The summed E-state index contributed by atoms with van der Waals surface area (Å²) in [5.74, 6) is 0.746. The van der Waals surface area contributed by atoms with Gasteiger partial charge < -0.3 is 9.88 Å². The number of aryl methyl sites for hydroxylation is 2. The van der Waals surface area contributed by atoms with Crippen molar-refractivity contribution in [2.75, 3.05) is 0 Å². The quantitative estimate of drug-likeness (QED) is 0.936. The predicted octanol–water partition coefficient (Wildman–Crippen LogP) is 2.88. The normalized spacial score (nSPS) is 17.4. The standard InChI is InChI=1S/C17H18F3N3O/c1-11-9-23-10-14(5-6-15(23)21-11)22-16(24)8-12-3-2-4-13(7-12)17(18,19)20/h2-4,7,9,14H,5-6,8,10H2,1H3,(H,22,24)/t14-/m1/s1. The smallest absolute Gasteiger partial charge is 0.351 e. The Kier molecular flexibility index (Phi) is 4.34. The molecule has 1 aliphatic heterocycles. The van der Waals surface area contributed by atoms with Crippen molar-refractivity contribution in [2.24, 2.45) is 0 Å². The van der Waals surface area contributed by atoms with E-state index >= 15 is 0 Å². The van der Waals surface area contributed by atoms with Gasteiger partial charge in [0, 0.05) is 25.2 Å². The van der Waals surface area contributed by atoms with Gasteiger partial charge in [0.05, 0.1) is 17.7 Å². The molecule has 0 aliphatic carbocycles. The average molecular weight is 337 g/mol. The Hall–Kier alpha value is -2.31. The fraction of sp³-hybridized carbons (Fsp3) is 0.412. The molecular formula is C17H18F3N3O. The molecular weight excluding hydrogens is 319 g/mol. The number of rotatable bonds is 3. The minimum Gasteiger partial charge on any atom is -0.351 e. The summed E-state index contributed by atoms with van der Waals surface area (Å²) in [5, 5.41) is 2.91. The zero-order valence-electron chi connectivity index (χ0n) is 13.2. The van der Waals surface area contributed by atoms with Gasteiger partial charge in [-0.2, -0.15) is 13.2 Å². The fourth-order valence-corrected chi connectivity index (χ4v) is 3.03. The summed E-state index contributed by atoms with van der Waals surface area (Å²) < 4.78 is 40.2. The van der Waals surface area contributed by atoms with Crippen LogP contribution < -0.4 is 5.32 Å². The first-order valence-electron chi connectivity index (χ1n) is 7.79. The number of alkyl halides is 3. The fourth-order valence-electron chi connectivity index (χ4n) is 3.03. The highest BCUT2D eigenvalue weighted by Crippen LogP contribution is 2.29. The van der Waals surface area contributed by atoms with Crippen molar-refractivity contribution in [1.82, 2.24) is 14.9 Å². The Bertz CT molecular complexity index is 752. The highest BCUT2D eigenvalue weighted by atomic mass is 19.4. The number of nitrogens with one attached hydrogen (secondary N) is 1. The maximum Gasteiger partial charge on any atom is 0.416 e. The maximum atomic E-state index is 12.7. The van der Waals surface area contributed by atoms with E-state index in [9.17, 15) is 18.0 Å². The van der Waals surface area contributed by atoms with Gasteiger partial charge in [0.2, 0.25) is 5.91 Å². The van der Waals surface area contributed by atoms with Crippen LogP contribution in [0.4, 0.5) is 13.2 Å². The highest BCUT2D eigenvalue weighted by molar-refractivity contribution is 5.78. The van der Waals surface area contributed by atoms with Crippen LogP contribution in [0.5, 0.6) is 0 Å². The van der Waals surface area contributed by atoms with Crippen LogP contribution in [-0.2, 0) is 30.4 Å². The van der Waals surface area contributed by atoms with E-state index in [1.807, 2.05) is 17.7 Å². The largest absolute Gasteiger partial charge is 0.416 e. The third-order valence-corrected chi connectivity index (χ3v) is 4.10. The van der Waals surface area contributed by atoms with E-state index in [2.05, 4.69) is 10.3 Å². The average Bonchev–Trinajstić information content (AvgIpc) is 2.86. The van der Waals surface area contributed by atoms with Gasteiger partial charge in [-0.15, -0.1) is 0 Å². The van der Waals surface area contributed by atoms with E-state index in [4.69, 9.17) is 0 Å². The zero-order chi connectivity index (χ0) is 17.3. The molecule has 2 aromatic rings. The minimum absolute atomic E-state index is 0.0237. The number of aromatic nitrogens is 2. The van der Waals surface area contributed by atoms with Crippen LogP contribution in [0.2, 0.25) is 0 Å². The van der Waals surface area contributed by atoms with Crippen LogP contribution in [0.1, 0.15) is 29.1 Å². The number of benzene rings is 1. The lowest BCUT2D eigenvalue weighted by Gasteiger charge is -2.24. The number of carbonyl (C=O) groups excluding carboxylic acids is 1. The number of fused-ring (bicyclic) bond motifs is 1. The van der Waals surface area contributed by atoms with Crippen molar-refractivity contribution in [3.05, 3.63) is 53.1 Å². The summed E-state index contributed by atoms with van der Waals surface area (Å²) in [4.78, 5) is 16.6. The van der Waals surface area contributed by atoms with Gasteiger partial charge in [-0.25, -0.2) is 4.98 Å². The number of hydrogen-bond donors (Lipinski definition) is 1. The molecule has 3 rings (SSSR count). The lowest BCUT2D eigenvalue weighted by atomic mass is 10.1. The number of amides is 1. The molecule has 1 aromatic heterocycles. The number of imidazole rings is 1. The second-order valence-electron chi connectivity index (χ2n) is 6.13. The molecule has 0 radical (unpaired) electrons. The van der Waals surface area contributed by atoms with Crippen LogP contribution in [0, 0.1) is 6.92 Å². The summed E-state index contributed by atoms with van der Waals surface area (Å²) in [7, 11) is 0. The lowest BCUT2D eigenvalue weighted by molar-refractivity contribution is -0.137. The Morgan fingerprint density at radius 1 is 1.42 bits per heavy atom. The second kappa shape index (κ2) is 6.30. The molecule has 0 fully saturated rings. The van der Waals surface area contributed by atoms with Crippen molar-refractivity contribution in [2.45, 2.75) is 44.9 Å². The number of carbonyl (C=O) groups is 1. The van der Waals surface area contributed by atoms with E-state index in [-0.39, 0.29) is 18.4 Å². The van der Waals surface area contributed by atoms with Gasteiger partial charge in [0.15, 0.2) is 0 Å². The molecule has 2 heterocycles. The molecule has 7 heteroatoms. The first-order valence-corrected chi connectivity index (χ1v) is 7.79. The Morgan fingerprint density at radius 2 is 2.21 bits per heavy atom. The molecule has 0 saturated heterocycles. The molecule has 128 valence electrons. The molecule has 0 unspecified atom stereocenters. The molecule has 0 bridgehead atoms. The lowest BCUT2D eigenvalue weighted by Crippen LogP contribution is -2.41. The molecule has 1 atom stereocenters. The zero-order valence-corrected chi connectivity index (χ0v) is 13.2. The number of hydrogen-bond acceptors (Lipinski definition) is 2. The van der Waals surface area contributed by atoms with Crippen molar-refractivity contribution in [3.8, 4) is 0 Å². The molecule has 0 spiro atoms. The van der Waals surface area contributed by atoms with E-state index in [1.54, 1.807) is 0 Å². The van der Waals surface area contributed by atoms with Gasteiger partial charge in [-0.1, -0.05) is 18.2 Å². The van der Waals surface area contributed by atoms with Crippen molar-refractivity contribution >= 4 is 5.91 Å². The highest BCUT2D eigenvalue weighted by Gasteiger charge is 2.30. The predicted molar refractivity (Wildman–Crippen MR) is 82.4 cm³/mol. The van der Waals surface area contributed by atoms with Crippen LogP contribution in [0.3, 0.4) is 0 Å². The third kappa shape index (κ3) is 3.77. The first-order chi connectivity index (χ1) is 11.3. The SMILES string of the molecule is Cc1cn2c(n1)CC[C@@H](NC(=O)Cc1cccc(C(F)(F)F)c1)C2. The maximum absolute atomic E-state index is 12.7. The van der Waals surface area contributed by atoms with Gasteiger partial charge in [0.25, 0.3) is 0 Å². The summed E-state index contributed by atoms with van der Waals surface area (Å²) in [5.41, 5.74) is 0.572. The van der Waals surface area contributed by atoms with Gasteiger partial charge in [-0.3, -0.25) is 4.79 Å². The summed E-state index contributed by atoms with van der Waals surface area (Å²) in [6.07, 6.45) is -0.949. The van der Waals surface area contributed by atoms with Gasteiger partial charge >= 0.3 is 6.18 Å². The van der Waals surface area contributed by atoms with Crippen molar-refractivity contribution in [3.63, 3.8) is 0 Å². The van der Waals surface area contributed by atoms with E-state index in [0.29, 0.717) is 12.1 Å². The van der Waals surface area contributed by atoms with Crippen molar-refractivity contribution < 1.29 is 18.0 Å². The van der Waals surface area contributed by atoms with Crippen molar-refractivity contribution in [1.29, 1.82) is 0 Å². The molecule has 4 nitrogen and oxygen atoms in total. The van der Waals surface area contributed by atoms with E-state index in [1.165, 1.54) is 12.1 Å². The van der Waals surface area contributed by atoms with Crippen LogP contribution in [0.15, 0.2) is 30.5 Å². The second-order valence-corrected chi connectivity index (χ2v) is 6.13. The molecule has 1 N–H and O–H groups in total. The topological polar surface area (TPSA) is 46.9 Å². The van der Waals surface area contributed by atoms with E-state index < -0.39 is 11.7 Å². The molecule has 1 aliphatic rings. The Labute approximate surface area is 137 Å². The third-order valence-electron chi connectivity index (χ3n) is 4.10. The molecule has 1 aromatic carbocycles. The summed E-state index contributed by atoms with van der Waals surface area (Å²) in [6.45, 7) is 2.57. The minimum atomic E-state index is -4.40. The van der Waals surface area contributed by atoms with Crippen LogP contribution in [-0.4, -0.2) is 21.5 Å². The Morgan fingerprint density at radius 3 is 2.96 bits per heavy atom.